The molecule has 0 aliphatic carbocycles. The average Bonchev–Trinajstić information content (AvgIpc) is 2.81. The summed E-state index contributed by atoms with van der Waals surface area (Å²) in [5.41, 5.74) is 10.9. The van der Waals surface area contributed by atoms with Crippen LogP contribution in [0.3, 0.4) is 0 Å². The molecule has 0 aliphatic heterocycles. The molecule has 0 radical (unpaired) electrons. The van der Waals surface area contributed by atoms with Crippen molar-refractivity contribution in [1.29, 1.82) is 0 Å². The van der Waals surface area contributed by atoms with Crippen LogP contribution in [0.15, 0.2) is 96.1 Å². The topological polar surface area (TPSA) is 87.1 Å². The van der Waals surface area contributed by atoms with Gasteiger partial charge in [0.2, 0.25) is 0 Å². The van der Waals surface area contributed by atoms with Crippen LogP contribution in [-0.2, 0) is 15.1 Å². The summed E-state index contributed by atoms with van der Waals surface area (Å²) >= 11 is 0. The summed E-state index contributed by atoms with van der Waals surface area (Å²) < 4.78 is 5.05. The highest BCUT2D eigenvalue weighted by atomic mass is 16.5. The average molecular weight is 400 g/mol. The van der Waals surface area contributed by atoms with Gasteiger partial charge in [0.25, 0.3) is 0 Å². The van der Waals surface area contributed by atoms with E-state index >= 15 is 0 Å². The second kappa shape index (κ2) is 9.74. The van der Waals surface area contributed by atoms with E-state index in [4.69, 9.17) is 10.3 Å². The quantitative estimate of drug-likeness (QED) is 0.194. The number of azide groups is 1. The summed E-state index contributed by atoms with van der Waals surface area (Å²) in [6, 6.07) is 28.2. The van der Waals surface area contributed by atoms with E-state index in [1.165, 1.54) is 7.11 Å². The molecule has 0 spiro atoms. The maximum absolute atomic E-state index is 12.7. The lowest BCUT2D eigenvalue weighted by atomic mass is 9.76. The first-order valence-electron chi connectivity index (χ1n) is 9.69. The predicted molar refractivity (Wildman–Crippen MR) is 117 cm³/mol. The first kappa shape index (κ1) is 21.1. The first-order valence-corrected chi connectivity index (χ1v) is 9.69. The molecule has 0 bridgehead atoms. The molecule has 3 aromatic rings. The number of esters is 1. The first-order chi connectivity index (χ1) is 14.6. The Labute approximate surface area is 176 Å². The van der Waals surface area contributed by atoms with Crippen LogP contribution >= 0.6 is 0 Å². The molecule has 0 aliphatic rings. The van der Waals surface area contributed by atoms with Crippen molar-refractivity contribution in [2.45, 2.75) is 24.5 Å². The van der Waals surface area contributed by atoms with Crippen molar-refractivity contribution in [2.75, 3.05) is 7.11 Å². The van der Waals surface area contributed by atoms with E-state index in [2.05, 4.69) is 15.3 Å². The Morgan fingerprint density at radius 3 is 1.63 bits per heavy atom. The van der Waals surface area contributed by atoms with Gasteiger partial charge in [-0.2, -0.15) is 0 Å². The van der Waals surface area contributed by atoms with Crippen molar-refractivity contribution in [1.82, 2.24) is 5.32 Å². The van der Waals surface area contributed by atoms with Crippen LogP contribution in [0.5, 0.6) is 0 Å². The molecule has 30 heavy (non-hydrogen) atoms. The zero-order valence-corrected chi connectivity index (χ0v) is 17.0. The summed E-state index contributed by atoms with van der Waals surface area (Å²) in [7, 11) is 1.33. The summed E-state index contributed by atoms with van der Waals surface area (Å²) in [5, 5.41) is 7.29. The number of nitrogens with zero attached hydrogens (tertiary/aromatic N) is 3. The van der Waals surface area contributed by atoms with Gasteiger partial charge in [-0.3, -0.25) is 10.1 Å². The van der Waals surface area contributed by atoms with E-state index in [0.29, 0.717) is 0 Å². The second-order valence-corrected chi connectivity index (χ2v) is 6.94. The van der Waals surface area contributed by atoms with Gasteiger partial charge < -0.3 is 4.74 Å². The minimum Gasteiger partial charge on any atom is -0.468 e. The lowest BCUT2D eigenvalue weighted by Crippen LogP contribution is -2.56. The van der Waals surface area contributed by atoms with Crippen LogP contribution in [0.1, 0.15) is 23.6 Å². The number of hydrogen-bond acceptors (Lipinski definition) is 4. The van der Waals surface area contributed by atoms with E-state index in [1.54, 1.807) is 6.92 Å². The predicted octanol–water partition coefficient (Wildman–Crippen LogP) is 4.81. The number of nitrogens with one attached hydrogen (secondary N) is 1. The van der Waals surface area contributed by atoms with E-state index in [0.717, 1.165) is 16.7 Å². The van der Waals surface area contributed by atoms with Crippen molar-refractivity contribution in [3.8, 4) is 0 Å². The molecule has 0 aromatic heterocycles. The van der Waals surface area contributed by atoms with Gasteiger partial charge in [0.15, 0.2) is 0 Å². The Kier molecular flexibility index (Phi) is 6.86. The maximum atomic E-state index is 12.7. The molecule has 0 fully saturated rings. The Balaban J connectivity index is 2.30. The van der Waals surface area contributed by atoms with Gasteiger partial charge in [0.1, 0.15) is 6.04 Å². The van der Waals surface area contributed by atoms with Crippen LogP contribution in [0.25, 0.3) is 10.4 Å². The molecular weight excluding hydrogens is 376 g/mol. The lowest BCUT2D eigenvalue weighted by Gasteiger charge is -2.40. The van der Waals surface area contributed by atoms with Gasteiger partial charge in [-0.25, -0.2) is 0 Å². The number of ether oxygens (including phenoxy) is 1. The van der Waals surface area contributed by atoms with Crippen LogP contribution in [0.2, 0.25) is 0 Å². The van der Waals surface area contributed by atoms with Crippen molar-refractivity contribution < 1.29 is 9.53 Å². The van der Waals surface area contributed by atoms with Crippen LogP contribution in [0, 0.1) is 0 Å². The van der Waals surface area contributed by atoms with Gasteiger partial charge in [0.05, 0.1) is 18.7 Å². The minimum absolute atomic E-state index is 0.498. The number of carbonyl (C=O) groups excluding carboxylic acids is 1. The van der Waals surface area contributed by atoms with Gasteiger partial charge >= 0.3 is 5.97 Å². The third-order valence-corrected chi connectivity index (χ3v) is 5.16. The van der Waals surface area contributed by atoms with E-state index < -0.39 is 23.6 Å². The monoisotopic (exact) mass is 400 g/mol. The third-order valence-electron chi connectivity index (χ3n) is 5.16. The number of rotatable bonds is 8. The molecule has 3 aromatic carbocycles. The van der Waals surface area contributed by atoms with E-state index in [1.807, 2.05) is 91.0 Å². The SMILES string of the molecule is COC(=O)[C@@H](NC(c1ccccc1)(c1ccccc1)c1ccccc1)C(C)N=[N+]=[N-]. The third kappa shape index (κ3) is 4.20. The second-order valence-electron chi connectivity index (χ2n) is 6.94. The Hall–Kier alpha value is -3.60. The molecule has 152 valence electrons. The fourth-order valence-electron chi connectivity index (χ4n) is 3.70. The largest absolute Gasteiger partial charge is 0.468 e. The smallest absolute Gasteiger partial charge is 0.323 e. The summed E-state index contributed by atoms with van der Waals surface area (Å²) in [4.78, 5) is 15.6. The van der Waals surface area contributed by atoms with Crippen molar-refractivity contribution in [3.63, 3.8) is 0 Å². The molecular formula is C24H24N4O2. The minimum atomic E-state index is -0.873. The molecule has 3 rings (SSSR count). The van der Waals surface area contributed by atoms with Gasteiger partial charge in [0, 0.05) is 4.91 Å². The molecule has 6 nitrogen and oxygen atoms in total. The van der Waals surface area contributed by atoms with Gasteiger partial charge in [-0.15, -0.1) is 0 Å². The maximum Gasteiger partial charge on any atom is 0.323 e. The molecule has 1 unspecified atom stereocenters. The van der Waals surface area contributed by atoms with Crippen LogP contribution in [-0.4, -0.2) is 25.2 Å². The van der Waals surface area contributed by atoms with Crippen LogP contribution in [0.4, 0.5) is 0 Å². The molecule has 2 atom stereocenters. The highest BCUT2D eigenvalue weighted by Gasteiger charge is 2.41. The Morgan fingerprint density at radius 2 is 1.30 bits per heavy atom. The summed E-state index contributed by atoms with van der Waals surface area (Å²) in [5.74, 6) is -0.498. The molecule has 0 saturated heterocycles. The standard InChI is InChI=1S/C24H24N4O2/c1-18(27-28-25)22(23(29)30-2)26-24(19-12-6-3-7-13-19,20-14-8-4-9-15-20)21-16-10-5-11-17-21/h3-18,22,26H,1-2H3/t18?,22-/m0/s1. The molecule has 0 saturated carbocycles. The Morgan fingerprint density at radius 1 is 0.900 bits per heavy atom. The fourth-order valence-corrected chi connectivity index (χ4v) is 3.70. The number of benzene rings is 3. The highest BCUT2D eigenvalue weighted by molar-refractivity contribution is 5.77. The zero-order chi connectivity index (χ0) is 21.4. The number of methoxy groups -OCH3 is 1. The van der Waals surface area contributed by atoms with Crippen LogP contribution < -0.4 is 5.32 Å². The van der Waals surface area contributed by atoms with E-state index in [-0.39, 0.29) is 0 Å². The zero-order valence-electron chi connectivity index (χ0n) is 17.0. The normalized spacial score (nSPS) is 13.0. The van der Waals surface area contributed by atoms with Gasteiger partial charge in [-0.1, -0.05) is 103 Å². The number of hydrogen-bond donors (Lipinski definition) is 1. The van der Waals surface area contributed by atoms with Gasteiger partial charge in [-0.05, 0) is 22.2 Å². The fraction of sp³-hybridized carbons (Fsp3) is 0.208. The van der Waals surface area contributed by atoms with Crippen molar-refractivity contribution >= 4 is 5.97 Å². The Bertz CT molecular complexity index is 906. The van der Waals surface area contributed by atoms with Crippen molar-refractivity contribution in [3.05, 3.63) is 118 Å². The summed E-state index contributed by atoms with van der Waals surface area (Å²) in [6.45, 7) is 1.69. The highest BCUT2D eigenvalue weighted by Crippen LogP contribution is 2.37. The molecule has 0 heterocycles. The number of carbonyl (C=O) groups is 1. The molecule has 0 amide bonds. The van der Waals surface area contributed by atoms with E-state index in [9.17, 15) is 4.79 Å². The lowest BCUT2D eigenvalue weighted by molar-refractivity contribution is -0.144. The molecule has 1 N–H and O–H groups in total. The molecule has 6 heteroatoms. The summed E-state index contributed by atoms with van der Waals surface area (Å²) in [6.07, 6.45) is 0. The van der Waals surface area contributed by atoms with Crippen molar-refractivity contribution in [2.24, 2.45) is 5.11 Å².